The molecule has 0 amide bonds. The van der Waals surface area contributed by atoms with Crippen molar-refractivity contribution in [2.45, 2.75) is 6.54 Å². The number of nitrogens with zero attached hydrogens (tertiary/aromatic N) is 2. The summed E-state index contributed by atoms with van der Waals surface area (Å²) in [5.74, 6) is 2.11. The van der Waals surface area contributed by atoms with Crippen LogP contribution in [-0.4, -0.2) is 63.9 Å². The van der Waals surface area contributed by atoms with E-state index in [0.717, 1.165) is 50.6 Å². The zero-order chi connectivity index (χ0) is 22.3. The van der Waals surface area contributed by atoms with Crippen molar-refractivity contribution in [2.24, 2.45) is 0 Å². The summed E-state index contributed by atoms with van der Waals surface area (Å²) in [5.41, 5.74) is 5.08. The second-order valence-electron chi connectivity index (χ2n) is 7.71. The highest BCUT2D eigenvalue weighted by molar-refractivity contribution is 7.08. The number of hydrogen-bond acceptors (Lipinski definition) is 7. The molecule has 1 aliphatic heterocycles. The summed E-state index contributed by atoms with van der Waals surface area (Å²) in [6, 6.07) is 8.45. The molecule has 3 heterocycles. The minimum atomic E-state index is 0.658. The Labute approximate surface area is 198 Å². The van der Waals surface area contributed by atoms with Gasteiger partial charge in [-0.3, -0.25) is 9.80 Å². The van der Waals surface area contributed by atoms with Crippen LogP contribution in [0.15, 0.2) is 51.9 Å². The first-order valence-electron chi connectivity index (χ1n) is 10.7. The standard InChI is InChI=1S/C25H30N2O3S2/c1-28-23-5-4-19(24(29-2)25(23)30-3)16-27-12-10-26(11-13-27)9-6-22(20-7-14-31-17-20)21-8-15-32-18-21/h4-8,14-15,17-18H,9-13,16H2,1-3H3. The maximum atomic E-state index is 5.66. The average Bonchev–Trinajstić information content (AvgIpc) is 3.55. The quantitative estimate of drug-likeness (QED) is 0.435. The molecule has 0 unspecified atom stereocenters. The molecule has 2 aromatic heterocycles. The van der Waals surface area contributed by atoms with Crippen LogP contribution in [-0.2, 0) is 6.54 Å². The van der Waals surface area contributed by atoms with Gasteiger partial charge in [0.25, 0.3) is 0 Å². The van der Waals surface area contributed by atoms with Gasteiger partial charge in [-0.1, -0.05) is 12.1 Å². The predicted molar refractivity (Wildman–Crippen MR) is 134 cm³/mol. The van der Waals surface area contributed by atoms with E-state index in [1.807, 2.05) is 6.07 Å². The SMILES string of the molecule is COc1ccc(CN2CCN(CC=C(c3ccsc3)c3ccsc3)CC2)c(OC)c1OC. The summed E-state index contributed by atoms with van der Waals surface area (Å²) in [6.07, 6.45) is 2.39. The Balaban J connectivity index is 1.38. The normalized spacial score (nSPS) is 14.8. The minimum absolute atomic E-state index is 0.658. The molecule has 0 spiro atoms. The molecule has 0 radical (unpaired) electrons. The Morgan fingerprint density at radius 3 is 1.97 bits per heavy atom. The highest BCUT2D eigenvalue weighted by Gasteiger charge is 2.21. The molecule has 1 saturated heterocycles. The number of thiophene rings is 2. The average molecular weight is 471 g/mol. The summed E-state index contributed by atoms with van der Waals surface area (Å²) in [4.78, 5) is 5.00. The van der Waals surface area contributed by atoms with Crippen molar-refractivity contribution >= 4 is 28.2 Å². The van der Waals surface area contributed by atoms with E-state index in [0.29, 0.717) is 11.5 Å². The second-order valence-corrected chi connectivity index (χ2v) is 9.27. The summed E-state index contributed by atoms with van der Waals surface area (Å²) in [6.45, 7) is 5.95. The molecule has 0 bridgehead atoms. The van der Waals surface area contributed by atoms with Crippen molar-refractivity contribution < 1.29 is 14.2 Å². The molecule has 4 rings (SSSR count). The monoisotopic (exact) mass is 470 g/mol. The van der Waals surface area contributed by atoms with Crippen LogP contribution in [0.1, 0.15) is 16.7 Å². The number of rotatable bonds is 9. The lowest BCUT2D eigenvalue weighted by Gasteiger charge is -2.34. The van der Waals surface area contributed by atoms with Crippen LogP contribution in [0.25, 0.3) is 5.57 Å². The van der Waals surface area contributed by atoms with Crippen molar-refractivity contribution in [1.82, 2.24) is 9.80 Å². The van der Waals surface area contributed by atoms with Gasteiger partial charge in [0.05, 0.1) is 21.3 Å². The zero-order valence-electron chi connectivity index (χ0n) is 18.9. The molecule has 0 N–H and O–H groups in total. The van der Waals surface area contributed by atoms with Gasteiger partial charge in [0.2, 0.25) is 5.75 Å². The lowest BCUT2D eigenvalue weighted by atomic mass is 10.0. The molecule has 1 aliphatic rings. The number of hydrogen-bond donors (Lipinski definition) is 0. The van der Waals surface area contributed by atoms with E-state index in [1.54, 1.807) is 44.0 Å². The summed E-state index contributed by atoms with van der Waals surface area (Å²) < 4.78 is 16.6. The first-order chi connectivity index (χ1) is 15.7. The Morgan fingerprint density at radius 1 is 0.812 bits per heavy atom. The van der Waals surface area contributed by atoms with Crippen LogP contribution in [0.2, 0.25) is 0 Å². The Bertz CT molecular complexity index is 972. The Morgan fingerprint density at radius 2 is 1.44 bits per heavy atom. The second kappa shape index (κ2) is 11.0. The Hall–Kier alpha value is -2.32. The first-order valence-corrected chi connectivity index (χ1v) is 12.6. The molecule has 3 aromatic rings. The molecule has 0 aliphatic carbocycles. The number of ether oxygens (including phenoxy) is 3. The molecule has 170 valence electrons. The topological polar surface area (TPSA) is 34.2 Å². The molecular weight excluding hydrogens is 440 g/mol. The van der Waals surface area contributed by atoms with E-state index in [1.165, 1.54) is 16.7 Å². The Kier molecular flexibility index (Phi) is 7.86. The van der Waals surface area contributed by atoms with Crippen LogP contribution in [0, 0.1) is 0 Å². The van der Waals surface area contributed by atoms with E-state index < -0.39 is 0 Å². The first kappa shape index (κ1) is 22.9. The van der Waals surface area contributed by atoms with Crippen molar-refractivity contribution in [1.29, 1.82) is 0 Å². The van der Waals surface area contributed by atoms with Gasteiger partial charge < -0.3 is 14.2 Å². The third kappa shape index (κ3) is 5.18. The third-order valence-electron chi connectivity index (χ3n) is 5.86. The van der Waals surface area contributed by atoms with Gasteiger partial charge >= 0.3 is 0 Å². The lowest BCUT2D eigenvalue weighted by molar-refractivity contribution is 0.136. The number of piperazine rings is 1. The molecule has 5 nitrogen and oxygen atoms in total. The zero-order valence-corrected chi connectivity index (χ0v) is 20.5. The fraction of sp³-hybridized carbons (Fsp3) is 0.360. The van der Waals surface area contributed by atoms with Gasteiger partial charge in [0.1, 0.15) is 0 Å². The van der Waals surface area contributed by atoms with Gasteiger partial charge in [-0.2, -0.15) is 22.7 Å². The van der Waals surface area contributed by atoms with E-state index >= 15 is 0 Å². The number of benzene rings is 1. The van der Waals surface area contributed by atoms with E-state index in [-0.39, 0.29) is 0 Å². The molecular formula is C25H30N2O3S2. The van der Waals surface area contributed by atoms with Crippen molar-refractivity contribution in [3.63, 3.8) is 0 Å². The van der Waals surface area contributed by atoms with Crippen LogP contribution >= 0.6 is 22.7 Å². The van der Waals surface area contributed by atoms with Gasteiger partial charge in [0.15, 0.2) is 11.5 Å². The molecule has 0 atom stereocenters. The highest BCUT2D eigenvalue weighted by atomic mass is 32.1. The van der Waals surface area contributed by atoms with Crippen LogP contribution in [0.5, 0.6) is 17.2 Å². The van der Waals surface area contributed by atoms with Crippen molar-refractivity contribution in [3.05, 3.63) is 68.6 Å². The molecule has 0 saturated carbocycles. The predicted octanol–water partition coefficient (Wildman–Crippen LogP) is 5.08. The fourth-order valence-corrected chi connectivity index (χ4v) is 5.43. The summed E-state index contributed by atoms with van der Waals surface area (Å²) in [5, 5.41) is 8.77. The molecule has 32 heavy (non-hydrogen) atoms. The lowest BCUT2D eigenvalue weighted by Crippen LogP contribution is -2.45. The van der Waals surface area contributed by atoms with Crippen LogP contribution in [0.3, 0.4) is 0 Å². The fourth-order valence-electron chi connectivity index (χ4n) is 4.12. The summed E-state index contributed by atoms with van der Waals surface area (Å²) in [7, 11) is 4.98. The van der Waals surface area contributed by atoms with Crippen molar-refractivity contribution in [2.75, 3.05) is 54.1 Å². The maximum Gasteiger partial charge on any atom is 0.203 e. The van der Waals surface area contributed by atoms with Crippen molar-refractivity contribution in [3.8, 4) is 17.2 Å². The largest absolute Gasteiger partial charge is 0.493 e. The highest BCUT2D eigenvalue weighted by Crippen LogP contribution is 2.40. The van der Waals surface area contributed by atoms with E-state index in [4.69, 9.17) is 14.2 Å². The van der Waals surface area contributed by atoms with Crippen LogP contribution < -0.4 is 14.2 Å². The van der Waals surface area contributed by atoms with Gasteiger partial charge in [0, 0.05) is 44.8 Å². The number of methoxy groups -OCH3 is 3. The summed E-state index contributed by atoms with van der Waals surface area (Å²) >= 11 is 3.50. The molecule has 1 aromatic carbocycles. The van der Waals surface area contributed by atoms with E-state index in [9.17, 15) is 0 Å². The third-order valence-corrected chi connectivity index (χ3v) is 7.23. The smallest absolute Gasteiger partial charge is 0.203 e. The van der Waals surface area contributed by atoms with Gasteiger partial charge in [-0.25, -0.2) is 0 Å². The molecule has 1 fully saturated rings. The van der Waals surface area contributed by atoms with E-state index in [2.05, 4.69) is 55.6 Å². The maximum absolute atomic E-state index is 5.66. The van der Waals surface area contributed by atoms with Gasteiger partial charge in [-0.05, 0) is 56.4 Å². The minimum Gasteiger partial charge on any atom is -0.493 e. The molecule has 7 heteroatoms. The van der Waals surface area contributed by atoms with Gasteiger partial charge in [-0.15, -0.1) is 0 Å². The van der Waals surface area contributed by atoms with Crippen LogP contribution in [0.4, 0.5) is 0 Å².